The van der Waals surface area contributed by atoms with Crippen LogP contribution in [-0.2, 0) is 4.79 Å². The van der Waals surface area contributed by atoms with Gasteiger partial charge in [0.15, 0.2) is 11.6 Å². The van der Waals surface area contributed by atoms with Crippen molar-refractivity contribution >= 4 is 28.4 Å². The van der Waals surface area contributed by atoms with E-state index >= 15 is 0 Å². The molecule has 156 valence electrons. The molecule has 0 atom stereocenters. The highest BCUT2D eigenvalue weighted by molar-refractivity contribution is 5.90. The highest BCUT2D eigenvalue weighted by Crippen LogP contribution is 2.36. The zero-order chi connectivity index (χ0) is 22.1. The first-order valence-electron chi connectivity index (χ1n) is 9.14. The van der Waals surface area contributed by atoms with Gasteiger partial charge in [0.2, 0.25) is 11.9 Å². The number of rotatable bonds is 4. The van der Waals surface area contributed by atoms with E-state index in [2.05, 4.69) is 15.3 Å². The highest BCUT2D eigenvalue weighted by atomic mass is 19.1. The molecule has 0 spiro atoms. The average molecular weight is 422 g/mol. The summed E-state index contributed by atoms with van der Waals surface area (Å²) in [5, 5.41) is 2.75. The monoisotopic (exact) mass is 422 g/mol. The van der Waals surface area contributed by atoms with Crippen molar-refractivity contribution in [3.05, 3.63) is 76.6 Å². The highest BCUT2D eigenvalue weighted by Gasteiger charge is 2.14. The van der Waals surface area contributed by atoms with Gasteiger partial charge in [0.25, 0.3) is 5.56 Å². The molecule has 1 amide bonds. The molecule has 0 aliphatic rings. The van der Waals surface area contributed by atoms with Crippen molar-refractivity contribution in [1.29, 1.82) is 0 Å². The summed E-state index contributed by atoms with van der Waals surface area (Å²) in [7, 11) is 0. The van der Waals surface area contributed by atoms with Crippen LogP contribution in [0.3, 0.4) is 0 Å². The topological polar surface area (TPSA) is 110 Å². The molecule has 4 rings (SSSR count). The van der Waals surface area contributed by atoms with Gasteiger partial charge in [-0.05, 0) is 48.0 Å². The van der Waals surface area contributed by atoms with E-state index in [0.717, 1.165) is 12.1 Å². The van der Waals surface area contributed by atoms with Crippen molar-refractivity contribution in [2.24, 2.45) is 0 Å². The normalized spacial score (nSPS) is 10.8. The number of hydrogen-bond donors (Lipinski definition) is 3. The Balaban J connectivity index is 1.82. The molecule has 3 aromatic carbocycles. The number of amides is 1. The van der Waals surface area contributed by atoms with Gasteiger partial charge in [-0.25, -0.2) is 13.8 Å². The number of aromatic nitrogens is 2. The second kappa shape index (κ2) is 7.86. The maximum absolute atomic E-state index is 14.1. The van der Waals surface area contributed by atoms with E-state index < -0.39 is 17.2 Å². The number of aromatic amines is 1. The van der Waals surface area contributed by atoms with Gasteiger partial charge < -0.3 is 10.5 Å². The predicted molar refractivity (Wildman–Crippen MR) is 113 cm³/mol. The van der Waals surface area contributed by atoms with Gasteiger partial charge in [-0.2, -0.15) is 0 Å². The molecule has 0 saturated carbocycles. The summed E-state index contributed by atoms with van der Waals surface area (Å²) in [5.41, 5.74) is 7.36. The number of ether oxygens (including phenoxy) is 1. The van der Waals surface area contributed by atoms with Crippen molar-refractivity contribution < 1.29 is 18.3 Å². The summed E-state index contributed by atoms with van der Waals surface area (Å²) in [6.45, 7) is 1.30. The lowest BCUT2D eigenvalue weighted by atomic mass is 10.0. The SMILES string of the molecule is CC(=O)Nc1nc2cc(-c3cc(N)ccc3Oc3ccc(F)cc3F)ccc2c(=O)[nH]1. The summed E-state index contributed by atoms with van der Waals surface area (Å²) in [5.74, 6) is -1.83. The lowest BCUT2D eigenvalue weighted by molar-refractivity contribution is -0.114. The third-order valence-corrected chi connectivity index (χ3v) is 4.43. The van der Waals surface area contributed by atoms with Gasteiger partial charge in [0.1, 0.15) is 11.6 Å². The molecular formula is C22H16F2N4O3. The van der Waals surface area contributed by atoms with Crippen molar-refractivity contribution in [3.8, 4) is 22.6 Å². The number of hydrogen-bond acceptors (Lipinski definition) is 5. The lowest BCUT2D eigenvalue weighted by Crippen LogP contribution is -2.16. The third kappa shape index (κ3) is 4.20. The van der Waals surface area contributed by atoms with Crippen LogP contribution in [0.4, 0.5) is 20.4 Å². The first-order chi connectivity index (χ1) is 14.8. The number of benzene rings is 3. The van der Waals surface area contributed by atoms with Gasteiger partial charge in [-0.3, -0.25) is 19.9 Å². The molecule has 0 radical (unpaired) electrons. The number of nitrogens with zero attached hydrogens (tertiary/aromatic N) is 1. The maximum atomic E-state index is 14.1. The van der Waals surface area contributed by atoms with E-state index in [9.17, 15) is 18.4 Å². The first-order valence-corrected chi connectivity index (χ1v) is 9.14. The second-order valence-corrected chi connectivity index (χ2v) is 6.76. The van der Waals surface area contributed by atoms with Crippen molar-refractivity contribution in [3.63, 3.8) is 0 Å². The molecule has 0 saturated heterocycles. The van der Waals surface area contributed by atoms with Crippen LogP contribution in [0.5, 0.6) is 11.5 Å². The Kier molecular flexibility index (Phi) is 5.08. The van der Waals surface area contributed by atoms with E-state index in [1.165, 1.54) is 13.0 Å². The van der Waals surface area contributed by atoms with Crippen LogP contribution in [0.2, 0.25) is 0 Å². The molecule has 31 heavy (non-hydrogen) atoms. The molecule has 1 heterocycles. The fourth-order valence-electron chi connectivity index (χ4n) is 3.07. The summed E-state index contributed by atoms with van der Waals surface area (Å²) >= 11 is 0. The number of nitrogen functional groups attached to an aromatic ring is 1. The van der Waals surface area contributed by atoms with Crippen molar-refractivity contribution in [2.75, 3.05) is 11.1 Å². The first kappa shape index (κ1) is 20.0. The Bertz CT molecular complexity index is 1390. The number of nitrogens with two attached hydrogens (primary N) is 1. The molecule has 0 bridgehead atoms. The van der Waals surface area contributed by atoms with E-state index in [4.69, 9.17) is 10.5 Å². The molecule has 0 fully saturated rings. The van der Waals surface area contributed by atoms with Crippen molar-refractivity contribution in [1.82, 2.24) is 9.97 Å². The Morgan fingerprint density at radius 1 is 1.06 bits per heavy atom. The minimum atomic E-state index is -0.852. The number of anilines is 2. The smallest absolute Gasteiger partial charge is 0.260 e. The molecule has 7 nitrogen and oxygen atoms in total. The second-order valence-electron chi connectivity index (χ2n) is 6.76. The number of fused-ring (bicyclic) bond motifs is 1. The van der Waals surface area contributed by atoms with Crippen molar-refractivity contribution in [2.45, 2.75) is 6.92 Å². The van der Waals surface area contributed by atoms with E-state index in [1.54, 1.807) is 36.4 Å². The molecule has 4 N–H and O–H groups in total. The lowest BCUT2D eigenvalue weighted by Gasteiger charge is -2.13. The zero-order valence-electron chi connectivity index (χ0n) is 16.2. The van der Waals surface area contributed by atoms with E-state index in [0.29, 0.717) is 27.7 Å². The number of H-pyrrole nitrogens is 1. The van der Waals surface area contributed by atoms with Crippen LogP contribution in [0.1, 0.15) is 6.92 Å². The molecule has 4 aromatic rings. The number of carbonyl (C=O) groups excluding carboxylic acids is 1. The summed E-state index contributed by atoms with van der Waals surface area (Å²) in [4.78, 5) is 30.3. The Hall–Kier alpha value is -4.27. The fourth-order valence-corrected chi connectivity index (χ4v) is 3.07. The summed E-state index contributed by atoms with van der Waals surface area (Å²) in [6.07, 6.45) is 0. The number of carbonyl (C=O) groups is 1. The Morgan fingerprint density at radius 3 is 2.58 bits per heavy atom. The number of nitrogens with one attached hydrogen (secondary N) is 2. The maximum Gasteiger partial charge on any atom is 0.260 e. The molecule has 0 aliphatic carbocycles. The standard InChI is InChI=1S/C22H16F2N4O3/c1-11(29)26-22-27-18-8-12(2-5-15(18)21(30)28-22)16-10-14(25)4-7-19(16)31-20-6-3-13(23)9-17(20)24/h2-10H,25H2,1H3,(H2,26,27,28,29,30). The van der Waals surface area contributed by atoms with E-state index in [-0.39, 0.29) is 23.4 Å². The molecule has 9 heteroatoms. The van der Waals surface area contributed by atoms with Crippen LogP contribution in [0.25, 0.3) is 22.0 Å². The minimum Gasteiger partial charge on any atom is -0.454 e. The molecule has 1 aromatic heterocycles. The van der Waals surface area contributed by atoms with Gasteiger partial charge >= 0.3 is 0 Å². The summed E-state index contributed by atoms with van der Waals surface area (Å²) in [6, 6.07) is 12.6. The Labute approximate surface area is 174 Å². The van der Waals surface area contributed by atoms with Crippen LogP contribution >= 0.6 is 0 Å². The molecule has 0 unspecified atom stereocenters. The van der Waals surface area contributed by atoms with Crippen LogP contribution < -0.4 is 21.3 Å². The van der Waals surface area contributed by atoms with Gasteiger partial charge in [-0.15, -0.1) is 0 Å². The van der Waals surface area contributed by atoms with Gasteiger partial charge in [0, 0.05) is 24.2 Å². The quantitative estimate of drug-likeness (QED) is 0.427. The van der Waals surface area contributed by atoms with Crippen LogP contribution in [0.15, 0.2) is 59.4 Å². The van der Waals surface area contributed by atoms with Crippen LogP contribution in [-0.4, -0.2) is 15.9 Å². The fraction of sp³-hybridized carbons (Fsp3) is 0.0455. The zero-order valence-corrected chi connectivity index (χ0v) is 16.2. The number of halogens is 2. The van der Waals surface area contributed by atoms with Crippen LogP contribution in [0, 0.1) is 11.6 Å². The van der Waals surface area contributed by atoms with E-state index in [1.807, 2.05) is 0 Å². The Morgan fingerprint density at radius 2 is 1.84 bits per heavy atom. The third-order valence-electron chi connectivity index (χ3n) is 4.43. The average Bonchev–Trinajstić information content (AvgIpc) is 2.70. The largest absolute Gasteiger partial charge is 0.454 e. The molecular weight excluding hydrogens is 406 g/mol. The van der Waals surface area contributed by atoms with Gasteiger partial charge in [-0.1, -0.05) is 6.07 Å². The summed E-state index contributed by atoms with van der Waals surface area (Å²) < 4.78 is 33.0. The predicted octanol–water partition coefficient (Wildman–Crippen LogP) is 4.20. The molecule has 0 aliphatic heterocycles. The van der Waals surface area contributed by atoms with Gasteiger partial charge in [0.05, 0.1) is 10.9 Å². The minimum absolute atomic E-state index is 0.0135.